The number of rotatable bonds is 2. The number of hydrogen-bond donors (Lipinski definition) is 1. The largest absolute Gasteiger partial charge is 0.338 e. The van der Waals surface area contributed by atoms with Crippen molar-refractivity contribution in [2.45, 2.75) is 6.92 Å². The van der Waals surface area contributed by atoms with Gasteiger partial charge in [-0.05, 0) is 47.2 Å². The van der Waals surface area contributed by atoms with Gasteiger partial charge in [0.25, 0.3) is 0 Å². The number of anilines is 2. The van der Waals surface area contributed by atoms with Crippen LogP contribution in [0.3, 0.4) is 0 Å². The molecule has 18 heavy (non-hydrogen) atoms. The van der Waals surface area contributed by atoms with Gasteiger partial charge in [0.2, 0.25) is 0 Å². The first-order valence-corrected chi connectivity index (χ1v) is 5.69. The van der Waals surface area contributed by atoms with E-state index in [0.29, 0.717) is 16.5 Å². The van der Waals surface area contributed by atoms with Crippen molar-refractivity contribution in [3.63, 3.8) is 0 Å². The van der Waals surface area contributed by atoms with Crippen LogP contribution in [0.4, 0.5) is 11.5 Å². The van der Waals surface area contributed by atoms with Crippen molar-refractivity contribution < 1.29 is 0 Å². The number of benzene rings is 1. The summed E-state index contributed by atoms with van der Waals surface area (Å²) in [6.45, 7) is 1.99. The topological polar surface area (TPSA) is 68.0 Å². The molecular formula is C11H9ClN6. The molecule has 2 heterocycles. The summed E-state index contributed by atoms with van der Waals surface area (Å²) in [4.78, 5) is 0. The van der Waals surface area contributed by atoms with E-state index in [9.17, 15) is 0 Å². The number of nitrogens with zero attached hydrogens (tertiary/aromatic N) is 5. The Morgan fingerprint density at radius 3 is 2.94 bits per heavy atom. The fourth-order valence-corrected chi connectivity index (χ4v) is 1.86. The fourth-order valence-electron chi connectivity index (χ4n) is 1.58. The average molecular weight is 261 g/mol. The van der Waals surface area contributed by atoms with Crippen LogP contribution in [0.1, 0.15) is 5.56 Å². The predicted octanol–water partition coefficient (Wildman–Crippen LogP) is 2.22. The van der Waals surface area contributed by atoms with Gasteiger partial charge in [-0.25, -0.2) is 0 Å². The lowest BCUT2D eigenvalue weighted by Crippen LogP contribution is -2.00. The minimum absolute atomic E-state index is 0.593. The van der Waals surface area contributed by atoms with Crippen LogP contribution in [-0.4, -0.2) is 25.3 Å². The number of nitrogens with one attached hydrogen (secondary N) is 1. The fraction of sp³-hybridized carbons (Fsp3) is 0.0909. The summed E-state index contributed by atoms with van der Waals surface area (Å²) < 4.78 is 1.35. The number of fused-ring (bicyclic) bond motifs is 1. The third kappa shape index (κ3) is 1.98. The van der Waals surface area contributed by atoms with Crippen LogP contribution < -0.4 is 5.32 Å². The Balaban J connectivity index is 1.95. The monoisotopic (exact) mass is 260 g/mol. The van der Waals surface area contributed by atoms with Crippen LogP contribution >= 0.6 is 11.6 Å². The lowest BCUT2D eigenvalue weighted by Gasteiger charge is -2.07. The van der Waals surface area contributed by atoms with Crippen molar-refractivity contribution in [2.75, 3.05) is 5.32 Å². The normalized spacial score (nSPS) is 10.8. The van der Waals surface area contributed by atoms with Crippen LogP contribution in [0.5, 0.6) is 0 Å². The van der Waals surface area contributed by atoms with Crippen molar-refractivity contribution >= 4 is 28.8 Å². The molecule has 0 radical (unpaired) electrons. The number of halogens is 1. The molecule has 2 aromatic heterocycles. The molecule has 6 nitrogen and oxygen atoms in total. The maximum Gasteiger partial charge on any atom is 0.200 e. The van der Waals surface area contributed by atoms with Gasteiger partial charge in [0, 0.05) is 0 Å². The van der Waals surface area contributed by atoms with E-state index in [1.165, 1.54) is 4.63 Å². The van der Waals surface area contributed by atoms with Crippen molar-refractivity contribution in [1.82, 2.24) is 25.3 Å². The quantitative estimate of drug-likeness (QED) is 0.765. The summed E-state index contributed by atoms with van der Waals surface area (Å²) in [6.07, 6.45) is 0. The smallest absolute Gasteiger partial charge is 0.200 e. The number of aromatic nitrogens is 5. The van der Waals surface area contributed by atoms with E-state index >= 15 is 0 Å². The highest BCUT2D eigenvalue weighted by atomic mass is 35.5. The van der Waals surface area contributed by atoms with Crippen molar-refractivity contribution in [1.29, 1.82) is 0 Å². The van der Waals surface area contributed by atoms with Crippen LogP contribution in [0.15, 0.2) is 30.3 Å². The van der Waals surface area contributed by atoms with Gasteiger partial charge >= 0.3 is 0 Å². The zero-order valence-electron chi connectivity index (χ0n) is 9.50. The Hall–Kier alpha value is -2.21. The number of aryl methyl sites for hydroxylation is 1. The van der Waals surface area contributed by atoms with Gasteiger partial charge in [0.1, 0.15) is 0 Å². The van der Waals surface area contributed by atoms with E-state index in [4.69, 9.17) is 11.6 Å². The average Bonchev–Trinajstić information content (AvgIpc) is 2.80. The molecule has 0 fully saturated rings. The summed E-state index contributed by atoms with van der Waals surface area (Å²) in [5.74, 6) is 0.626. The molecule has 90 valence electrons. The molecule has 0 aliphatic carbocycles. The zero-order valence-corrected chi connectivity index (χ0v) is 10.3. The third-order valence-corrected chi connectivity index (χ3v) is 2.77. The molecule has 0 saturated carbocycles. The second kappa shape index (κ2) is 4.23. The molecule has 0 saturated heterocycles. The second-order valence-corrected chi connectivity index (χ2v) is 4.26. The van der Waals surface area contributed by atoms with Crippen LogP contribution in [0.25, 0.3) is 5.65 Å². The third-order valence-electron chi connectivity index (χ3n) is 2.46. The maximum atomic E-state index is 6.14. The van der Waals surface area contributed by atoms with E-state index in [-0.39, 0.29) is 0 Å². The summed E-state index contributed by atoms with van der Waals surface area (Å²) in [7, 11) is 0. The molecule has 7 heteroatoms. The Morgan fingerprint density at radius 1 is 1.22 bits per heavy atom. The van der Waals surface area contributed by atoms with Gasteiger partial charge in [0.05, 0.1) is 10.7 Å². The lowest BCUT2D eigenvalue weighted by atomic mass is 10.2. The second-order valence-electron chi connectivity index (χ2n) is 3.85. The minimum atomic E-state index is 0.593. The molecule has 0 spiro atoms. The SMILES string of the molecule is Cc1ccc(Nc2ccc3nnnn3n2)c(Cl)c1. The molecule has 0 unspecified atom stereocenters. The van der Waals surface area contributed by atoms with Crippen molar-refractivity contribution in [3.8, 4) is 0 Å². The van der Waals surface area contributed by atoms with E-state index in [1.54, 1.807) is 12.1 Å². The molecule has 1 N–H and O–H groups in total. The number of hydrogen-bond acceptors (Lipinski definition) is 5. The standard InChI is InChI=1S/C11H9ClN6/c1-7-2-3-9(8(12)6-7)13-10-4-5-11-14-16-17-18(11)15-10/h2-6H,1H3,(H,13,15). The van der Waals surface area contributed by atoms with Gasteiger partial charge in [-0.3, -0.25) is 0 Å². The Morgan fingerprint density at radius 2 is 2.11 bits per heavy atom. The van der Waals surface area contributed by atoms with Crippen LogP contribution in [0.2, 0.25) is 5.02 Å². The molecule has 0 atom stereocenters. The first-order valence-electron chi connectivity index (χ1n) is 5.31. The molecule has 0 amide bonds. The maximum absolute atomic E-state index is 6.14. The van der Waals surface area contributed by atoms with E-state index in [1.807, 2.05) is 25.1 Å². The first-order chi connectivity index (χ1) is 8.72. The van der Waals surface area contributed by atoms with Crippen molar-refractivity contribution in [3.05, 3.63) is 40.9 Å². The van der Waals surface area contributed by atoms with Crippen LogP contribution in [-0.2, 0) is 0 Å². The number of tetrazole rings is 1. The molecule has 1 aromatic carbocycles. The highest BCUT2D eigenvalue weighted by Crippen LogP contribution is 2.25. The zero-order chi connectivity index (χ0) is 12.5. The lowest BCUT2D eigenvalue weighted by molar-refractivity contribution is 0.736. The van der Waals surface area contributed by atoms with Gasteiger partial charge in [0.15, 0.2) is 11.5 Å². The molecular weight excluding hydrogens is 252 g/mol. The minimum Gasteiger partial charge on any atom is -0.338 e. The van der Waals surface area contributed by atoms with Crippen molar-refractivity contribution in [2.24, 2.45) is 0 Å². The molecule has 0 aliphatic heterocycles. The summed E-state index contributed by atoms with van der Waals surface area (Å²) in [5.41, 5.74) is 2.49. The summed E-state index contributed by atoms with van der Waals surface area (Å²) in [5, 5.41) is 19.0. The molecule has 0 bridgehead atoms. The summed E-state index contributed by atoms with van der Waals surface area (Å²) >= 11 is 6.14. The van der Waals surface area contributed by atoms with Crippen LogP contribution in [0, 0.1) is 6.92 Å². The first kappa shape index (κ1) is 10.9. The van der Waals surface area contributed by atoms with E-state index in [0.717, 1.165) is 11.3 Å². The summed E-state index contributed by atoms with van der Waals surface area (Å²) in [6, 6.07) is 9.34. The van der Waals surface area contributed by atoms with Gasteiger partial charge in [-0.2, -0.15) is 0 Å². The molecule has 3 aromatic rings. The van der Waals surface area contributed by atoms with Gasteiger partial charge < -0.3 is 5.32 Å². The Bertz CT molecular complexity index is 708. The van der Waals surface area contributed by atoms with Gasteiger partial charge in [-0.1, -0.05) is 17.7 Å². The van der Waals surface area contributed by atoms with E-state index < -0.39 is 0 Å². The Labute approximate surface area is 108 Å². The molecule has 3 rings (SSSR count). The molecule has 0 aliphatic rings. The highest BCUT2D eigenvalue weighted by Gasteiger charge is 2.04. The highest BCUT2D eigenvalue weighted by molar-refractivity contribution is 6.33. The van der Waals surface area contributed by atoms with Gasteiger partial charge in [-0.15, -0.1) is 14.8 Å². The van der Waals surface area contributed by atoms with E-state index in [2.05, 4.69) is 25.9 Å². The predicted molar refractivity (Wildman–Crippen MR) is 68.0 cm³/mol. The Kier molecular flexibility index (Phi) is 2.56.